The lowest BCUT2D eigenvalue weighted by molar-refractivity contribution is -0.135. The van der Waals surface area contributed by atoms with Gasteiger partial charge in [-0.25, -0.2) is 9.78 Å². The smallest absolute Gasteiger partial charge is 0.325 e. The molecule has 1 saturated heterocycles. The molecule has 150 valence electrons. The number of benzene rings is 1. The zero-order valence-electron chi connectivity index (χ0n) is 16.1. The van der Waals surface area contributed by atoms with Crippen LogP contribution in [-0.2, 0) is 28.1 Å². The minimum Gasteiger partial charge on any atom is -0.478 e. The van der Waals surface area contributed by atoms with Gasteiger partial charge in [0.1, 0.15) is 12.1 Å². The summed E-state index contributed by atoms with van der Waals surface area (Å²) in [4.78, 5) is 43.1. The summed E-state index contributed by atoms with van der Waals surface area (Å²) in [7, 11) is 0. The molecule has 1 aromatic heterocycles. The number of nitrogens with zero attached hydrogens (tertiary/aromatic N) is 2. The van der Waals surface area contributed by atoms with Crippen LogP contribution < -0.4 is 15.4 Å². The molecule has 0 unspecified atom stereocenters. The third-order valence-corrected chi connectivity index (χ3v) is 5.33. The first kappa shape index (κ1) is 18.9. The quantitative estimate of drug-likeness (QED) is 0.723. The van der Waals surface area contributed by atoms with Gasteiger partial charge in [-0.15, -0.1) is 0 Å². The average Bonchev–Trinajstić information content (AvgIpc) is 3.21. The topological polar surface area (TPSA) is 101 Å². The number of rotatable bonds is 6. The molecule has 0 bridgehead atoms. The van der Waals surface area contributed by atoms with Crippen molar-refractivity contribution in [1.29, 1.82) is 0 Å². The van der Waals surface area contributed by atoms with E-state index in [0.717, 1.165) is 21.6 Å². The van der Waals surface area contributed by atoms with Crippen LogP contribution in [0.15, 0.2) is 42.6 Å². The second-order valence-corrected chi connectivity index (χ2v) is 7.06. The number of carbonyl (C=O) groups excluding carboxylic acids is 3. The van der Waals surface area contributed by atoms with E-state index in [0.29, 0.717) is 25.3 Å². The third-order valence-electron chi connectivity index (χ3n) is 5.33. The van der Waals surface area contributed by atoms with E-state index in [9.17, 15) is 14.4 Å². The second kappa shape index (κ2) is 7.54. The van der Waals surface area contributed by atoms with Crippen LogP contribution in [0.2, 0.25) is 0 Å². The standard InChI is InChI=1S/C21H22N4O4/c1-2-29-18-15(7-5-11-22-18)12-23-17(26)13-25-19(27)21(24-20(25)28)10-9-14-6-3-4-8-16(14)21/h3-8,11H,2,9-10,12-13H2,1H3,(H,23,26)(H,24,28)/t21-/m0/s1. The number of urea groups is 1. The Bertz CT molecular complexity index is 977. The Morgan fingerprint density at radius 2 is 2.10 bits per heavy atom. The van der Waals surface area contributed by atoms with E-state index in [2.05, 4.69) is 15.6 Å². The molecule has 2 aliphatic rings. The predicted octanol–water partition coefficient (Wildman–Crippen LogP) is 1.49. The first-order valence-corrected chi connectivity index (χ1v) is 9.61. The highest BCUT2D eigenvalue weighted by molar-refractivity contribution is 6.09. The number of imide groups is 1. The van der Waals surface area contributed by atoms with E-state index in [1.807, 2.05) is 31.2 Å². The number of hydrogen-bond acceptors (Lipinski definition) is 5. The maximum absolute atomic E-state index is 13.1. The minimum absolute atomic E-state index is 0.194. The number of hydrogen-bond donors (Lipinski definition) is 2. The monoisotopic (exact) mass is 394 g/mol. The average molecular weight is 394 g/mol. The number of nitrogens with one attached hydrogen (secondary N) is 2. The Hall–Kier alpha value is -3.42. The van der Waals surface area contributed by atoms with Crippen LogP contribution in [0, 0.1) is 0 Å². The van der Waals surface area contributed by atoms with Crippen LogP contribution in [0.4, 0.5) is 4.79 Å². The van der Waals surface area contributed by atoms with Crippen molar-refractivity contribution in [3.05, 3.63) is 59.3 Å². The number of ether oxygens (including phenoxy) is 1. The number of aromatic nitrogens is 1. The minimum atomic E-state index is -1.06. The zero-order chi connectivity index (χ0) is 20.4. The van der Waals surface area contributed by atoms with Gasteiger partial charge in [0.15, 0.2) is 0 Å². The number of pyridine rings is 1. The molecule has 1 aromatic carbocycles. The predicted molar refractivity (Wildman–Crippen MR) is 104 cm³/mol. The molecular weight excluding hydrogens is 372 g/mol. The second-order valence-electron chi connectivity index (χ2n) is 7.06. The Balaban J connectivity index is 1.43. The summed E-state index contributed by atoms with van der Waals surface area (Å²) in [5.41, 5.74) is 1.53. The molecule has 2 N–H and O–H groups in total. The summed E-state index contributed by atoms with van der Waals surface area (Å²) in [6, 6.07) is 10.6. The maximum Gasteiger partial charge on any atom is 0.325 e. The molecule has 2 aromatic rings. The molecule has 1 fully saturated rings. The van der Waals surface area contributed by atoms with Crippen LogP contribution in [0.1, 0.15) is 30.0 Å². The maximum atomic E-state index is 13.1. The van der Waals surface area contributed by atoms with E-state index in [1.54, 1.807) is 18.3 Å². The van der Waals surface area contributed by atoms with Crippen molar-refractivity contribution in [3.63, 3.8) is 0 Å². The van der Waals surface area contributed by atoms with Gasteiger partial charge >= 0.3 is 6.03 Å². The fourth-order valence-electron chi connectivity index (χ4n) is 3.95. The van der Waals surface area contributed by atoms with Gasteiger partial charge in [0, 0.05) is 18.3 Å². The highest BCUT2D eigenvalue weighted by atomic mass is 16.5. The molecule has 1 spiro atoms. The van der Waals surface area contributed by atoms with Crippen molar-refractivity contribution < 1.29 is 19.1 Å². The van der Waals surface area contributed by atoms with Crippen LogP contribution >= 0.6 is 0 Å². The third kappa shape index (κ3) is 3.30. The number of aryl methyl sites for hydroxylation is 1. The van der Waals surface area contributed by atoms with E-state index in [-0.39, 0.29) is 19.0 Å². The van der Waals surface area contributed by atoms with Crippen molar-refractivity contribution >= 4 is 17.8 Å². The summed E-state index contributed by atoms with van der Waals surface area (Å²) < 4.78 is 5.44. The first-order valence-electron chi connectivity index (χ1n) is 9.61. The summed E-state index contributed by atoms with van der Waals surface area (Å²) in [6.07, 6.45) is 2.83. The van der Waals surface area contributed by atoms with E-state index in [1.165, 1.54) is 0 Å². The molecule has 1 aliphatic heterocycles. The van der Waals surface area contributed by atoms with E-state index < -0.39 is 17.5 Å². The highest BCUT2D eigenvalue weighted by Gasteiger charge is 2.55. The number of amides is 4. The number of fused-ring (bicyclic) bond motifs is 2. The van der Waals surface area contributed by atoms with Gasteiger partial charge in [-0.2, -0.15) is 0 Å². The van der Waals surface area contributed by atoms with Crippen LogP contribution in [0.3, 0.4) is 0 Å². The SMILES string of the molecule is CCOc1ncccc1CNC(=O)CN1C(=O)N[C@]2(CCc3ccccc32)C1=O. The van der Waals surface area contributed by atoms with Crippen molar-refractivity contribution in [1.82, 2.24) is 20.5 Å². The van der Waals surface area contributed by atoms with Gasteiger partial charge in [-0.05, 0) is 37.0 Å². The lowest BCUT2D eigenvalue weighted by Gasteiger charge is -2.22. The Morgan fingerprint density at radius 3 is 2.93 bits per heavy atom. The van der Waals surface area contributed by atoms with Crippen LogP contribution in [0.5, 0.6) is 5.88 Å². The van der Waals surface area contributed by atoms with Gasteiger partial charge in [-0.1, -0.05) is 30.3 Å². The molecular formula is C21H22N4O4. The lowest BCUT2D eigenvalue weighted by Crippen LogP contribution is -2.43. The fourth-order valence-corrected chi connectivity index (χ4v) is 3.95. The van der Waals surface area contributed by atoms with Crippen molar-refractivity contribution in [3.8, 4) is 5.88 Å². The van der Waals surface area contributed by atoms with E-state index >= 15 is 0 Å². The molecule has 8 heteroatoms. The summed E-state index contributed by atoms with van der Waals surface area (Å²) >= 11 is 0. The molecule has 4 rings (SSSR count). The van der Waals surface area contributed by atoms with Crippen LogP contribution in [-0.4, -0.2) is 40.9 Å². The molecule has 29 heavy (non-hydrogen) atoms. The van der Waals surface area contributed by atoms with E-state index in [4.69, 9.17) is 4.74 Å². The molecule has 8 nitrogen and oxygen atoms in total. The molecule has 1 aliphatic carbocycles. The Morgan fingerprint density at radius 1 is 1.28 bits per heavy atom. The lowest BCUT2D eigenvalue weighted by atomic mass is 9.92. The molecule has 2 heterocycles. The van der Waals surface area contributed by atoms with Gasteiger partial charge in [0.2, 0.25) is 11.8 Å². The van der Waals surface area contributed by atoms with Crippen molar-refractivity contribution in [2.75, 3.05) is 13.2 Å². The van der Waals surface area contributed by atoms with Crippen molar-refractivity contribution in [2.45, 2.75) is 31.8 Å². The van der Waals surface area contributed by atoms with Crippen molar-refractivity contribution in [2.24, 2.45) is 0 Å². The summed E-state index contributed by atoms with van der Waals surface area (Å²) in [6.45, 7) is 2.17. The summed E-state index contributed by atoms with van der Waals surface area (Å²) in [5.74, 6) is -0.353. The first-order chi connectivity index (χ1) is 14.0. The van der Waals surface area contributed by atoms with Gasteiger partial charge in [-0.3, -0.25) is 14.5 Å². The Labute approximate surface area is 168 Å². The van der Waals surface area contributed by atoms with Gasteiger partial charge < -0.3 is 15.4 Å². The van der Waals surface area contributed by atoms with Gasteiger partial charge in [0.25, 0.3) is 5.91 Å². The zero-order valence-corrected chi connectivity index (χ0v) is 16.1. The normalized spacial score (nSPS) is 20.0. The molecule has 0 saturated carbocycles. The molecule has 0 radical (unpaired) electrons. The fraction of sp³-hybridized carbons (Fsp3) is 0.333. The molecule has 1 atom stereocenters. The summed E-state index contributed by atoms with van der Waals surface area (Å²) in [5, 5.41) is 5.55. The highest BCUT2D eigenvalue weighted by Crippen LogP contribution is 2.41. The van der Waals surface area contributed by atoms with Crippen LogP contribution in [0.25, 0.3) is 0 Å². The Kier molecular flexibility index (Phi) is 4.92. The number of carbonyl (C=O) groups is 3. The molecule has 4 amide bonds. The largest absolute Gasteiger partial charge is 0.478 e. The van der Waals surface area contributed by atoms with Gasteiger partial charge in [0.05, 0.1) is 6.61 Å².